The molecule has 0 bridgehead atoms. The van der Waals surface area contributed by atoms with Gasteiger partial charge in [-0.25, -0.2) is 0 Å². The molecule has 0 saturated heterocycles. The van der Waals surface area contributed by atoms with E-state index in [-0.39, 0.29) is 17.3 Å². The van der Waals surface area contributed by atoms with E-state index in [2.05, 4.69) is 4.98 Å². The number of nitriles is 1. The van der Waals surface area contributed by atoms with Crippen molar-refractivity contribution in [3.05, 3.63) is 35.7 Å². The molecular formula is C15H16N2O. The molecule has 1 aliphatic carbocycles. The van der Waals surface area contributed by atoms with E-state index in [1.807, 2.05) is 6.07 Å². The van der Waals surface area contributed by atoms with E-state index in [4.69, 9.17) is 5.26 Å². The van der Waals surface area contributed by atoms with E-state index in [0.29, 0.717) is 0 Å². The Kier molecular flexibility index (Phi) is 4.25. The van der Waals surface area contributed by atoms with Crippen LogP contribution in [-0.2, 0) is 4.79 Å². The molecule has 0 N–H and O–H groups in total. The van der Waals surface area contributed by atoms with Crippen LogP contribution in [0.25, 0.3) is 6.08 Å². The van der Waals surface area contributed by atoms with Gasteiger partial charge in [0.2, 0.25) is 0 Å². The molecule has 2 rings (SSSR count). The van der Waals surface area contributed by atoms with Crippen molar-refractivity contribution in [2.45, 2.75) is 32.1 Å². The molecule has 1 heterocycles. The Labute approximate surface area is 107 Å². The van der Waals surface area contributed by atoms with E-state index in [9.17, 15) is 4.79 Å². The normalized spacial score (nSPS) is 17.2. The molecule has 92 valence electrons. The summed E-state index contributed by atoms with van der Waals surface area (Å²) in [4.78, 5) is 16.1. The van der Waals surface area contributed by atoms with Gasteiger partial charge in [-0.15, -0.1) is 0 Å². The monoisotopic (exact) mass is 240 g/mol. The molecule has 1 saturated carbocycles. The fourth-order valence-electron chi connectivity index (χ4n) is 2.37. The van der Waals surface area contributed by atoms with Crippen LogP contribution < -0.4 is 0 Å². The molecule has 0 aromatic carbocycles. The third kappa shape index (κ3) is 3.04. The highest BCUT2D eigenvalue weighted by molar-refractivity contribution is 6.04. The van der Waals surface area contributed by atoms with Gasteiger partial charge in [-0.1, -0.05) is 19.3 Å². The quantitative estimate of drug-likeness (QED) is 0.602. The van der Waals surface area contributed by atoms with Crippen LogP contribution >= 0.6 is 0 Å². The number of carbonyl (C=O) groups excluding carboxylic acids is 1. The Morgan fingerprint density at radius 1 is 1.28 bits per heavy atom. The molecule has 1 aromatic rings. The maximum Gasteiger partial charge on any atom is 0.176 e. The predicted molar refractivity (Wildman–Crippen MR) is 69.4 cm³/mol. The summed E-state index contributed by atoms with van der Waals surface area (Å²) in [7, 11) is 0. The van der Waals surface area contributed by atoms with Crippen LogP contribution in [0, 0.1) is 17.2 Å². The summed E-state index contributed by atoms with van der Waals surface area (Å²) >= 11 is 0. The maximum absolute atomic E-state index is 12.2. The van der Waals surface area contributed by atoms with Gasteiger partial charge in [0, 0.05) is 18.3 Å². The number of hydrogen-bond acceptors (Lipinski definition) is 3. The number of allylic oxidation sites excluding steroid dienone is 1. The molecular weight excluding hydrogens is 224 g/mol. The zero-order valence-electron chi connectivity index (χ0n) is 10.3. The summed E-state index contributed by atoms with van der Waals surface area (Å²) in [5.74, 6) is 0.0560. The van der Waals surface area contributed by atoms with Crippen LogP contribution in [0.1, 0.15) is 37.7 Å². The van der Waals surface area contributed by atoms with Crippen molar-refractivity contribution in [2.75, 3.05) is 0 Å². The van der Waals surface area contributed by atoms with E-state index < -0.39 is 0 Å². The van der Waals surface area contributed by atoms with Gasteiger partial charge in [-0.3, -0.25) is 9.78 Å². The molecule has 0 atom stereocenters. The van der Waals surface area contributed by atoms with Crippen molar-refractivity contribution in [3.63, 3.8) is 0 Å². The molecule has 0 spiro atoms. The Hall–Kier alpha value is -1.95. The smallest absolute Gasteiger partial charge is 0.176 e. The summed E-state index contributed by atoms with van der Waals surface area (Å²) in [6.45, 7) is 0. The second-order valence-corrected chi connectivity index (χ2v) is 4.65. The zero-order valence-corrected chi connectivity index (χ0v) is 10.3. The lowest BCUT2D eigenvalue weighted by Crippen LogP contribution is -2.18. The summed E-state index contributed by atoms with van der Waals surface area (Å²) < 4.78 is 0. The first-order valence-corrected chi connectivity index (χ1v) is 6.37. The molecule has 3 nitrogen and oxygen atoms in total. The highest BCUT2D eigenvalue weighted by Gasteiger charge is 2.23. The van der Waals surface area contributed by atoms with Gasteiger partial charge < -0.3 is 0 Å². The third-order valence-corrected chi connectivity index (χ3v) is 3.38. The van der Waals surface area contributed by atoms with E-state index in [1.54, 1.807) is 30.6 Å². The lowest BCUT2D eigenvalue weighted by Gasteiger charge is -2.19. The molecule has 0 unspecified atom stereocenters. The van der Waals surface area contributed by atoms with Crippen molar-refractivity contribution in [1.82, 2.24) is 4.98 Å². The SMILES string of the molecule is N#CC(=Cc1ccncc1)C(=O)C1CCCCC1. The number of aromatic nitrogens is 1. The van der Waals surface area contributed by atoms with E-state index in [1.165, 1.54) is 6.42 Å². The number of Topliss-reactive ketones (excluding diaryl/α,β-unsaturated/α-hetero) is 1. The van der Waals surface area contributed by atoms with E-state index in [0.717, 1.165) is 31.2 Å². The second-order valence-electron chi connectivity index (χ2n) is 4.65. The van der Waals surface area contributed by atoms with Crippen LogP contribution in [0.5, 0.6) is 0 Å². The number of pyridine rings is 1. The van der Waals surface area contributed by atoms with Crippen LogP contribution in [0.3, 0.4) is 0 Å². The molecule has 0 radical (unpaired) electrons. The highest BCUT2D eigenvalue weighted by atomic mass is 16.1. The Morgan fingerprint density at radius 3 is 2.56 bits per heavy atom. The van der Waals surface area contributed by atoms with Crippen molar-refractivity contribution in [1.29, 1.82) is 5.26 Å². The minimum absolute atomic E-state index is 0.00834. The summed E-state index contributed by atoms with van der Waals surface area (Å²) in [5.41, 5.74) is 1.12. The zero-order chi connectivity index (χ0) is 12.8. The van der Waals surface area contributed by atoms with Gasteiger partial charge in [-0.05, 0) is 36.6 Å². The van der Waals surface area contributed by atoms with Crippen LogP contribution in [0.15, 0.2) is 30.1 Å². The molecule has 1 fully saturated rings. The van der Waals surface area contributed by atoms with Crippen molar-refractivity contribution in [3.8, 4) is 6.07 Å². The fourth-order valence-corrected chi connectivity index (χ4v) is 2.37. The maximum atomic E-state index is 12.2. The minimum atomic E-state index is 0.00834. The van der Waals surface area contributed by atoms with Crippen LogP contribution in [0.4, 0.5) is 0 Å². The largest absolute Gasteiger partial charge is 0.293 e. The molecule has 1 aliphatic rings. The number of nitrogens with zero attached hydrogens (tertiary/aromatic N) is 2. The van der Waals surface area contributed by atoms with Crippen molar-refractivity contribution >= 4 is 11.9 Å². The first-order chi connectivity index (χ1) is 8.81. The topological polar surface area (TPSA) is 53.8 Å². The van der Waals surface area contributed by atoms with Gasteiger partial charge in [-0.2, -0.15) is 5.26 Å². The van der Waals surface area contributed by atoms with E-state index >= 15 is 0 Å². The standard InChI is InChI=1S/C15H16N2O/c16-11-14(10-12-6-8-17-9-7-12)15(18)13-4-2-1-3-5-13/h6-10,13H,1-5H2. The van der Waals surface area contributed by atoms with Crippen LogP contribution in [-0.4, -0.2) is 10.8 Å². The van der Waals surface area contributed by atoms with Gasteiger partial charge in [0.1, 0.15) is 6.07 Å². The number of carbonyl (C=O) groups is 1. The molecule has 3 heteroatoms. The predicted octanol–water partition coefficient (Wildman–Crippen LogP) is 3.14. The summed E-state index contributed by atoms with van der Waals surface area (Å²) in [5, 5.41) is 9.13. The highest BCUT2D eigenvalue weighted by Crippen LogP contribution is 2.26. The average molecular weight is 240 g/mol. The number of rotatable bonds is 3. The van der Waals surface area contributed by atoms with Crippen molar-refractivity contribution < 1.29 is 4.79 Å². The van der Waals surface area contributed by atoms with Gasteiger partial charge in [0.15, 0.2) is 5.78 Å². The van der Waals surface area contributed by atoms with Gasteiger partial charge in [0.05, 0.1) is 5.57 Å². The Bertz CT molecular complexity index is 479. The fraction of sp³-hybridized carbons (Fsp3) is 0.400. The first kappa shape index (κ1) is 12.5. The second kappa shape index (κ2) is 6.11. The molecule has 1 aromatic heterocycles. The Morgan fingerprint density at radius 2 is 1.94 bits per heavy atom. The Balaban J connectivity index is 2.16. The lowest BCUT2D eigenvalue weighted by atomic mass is 9.83. The lowest BCUT2D eigenvalue weighted by molar-refractivity contribution is -0.119. The third-order valence-electron chi connectivity index (χ3n) is 3.38. The molecule has 0 amide bonds. The number of hydrogen-bond donors (Lipinski definition) is 0. The first-order valence-electron chi connectivity index (χ1n) is 6.37. The van der Waals surface area contributed by atoms with Crippen LogP contribution in [0.2, 0.25) is 0 Å². The molecule has 18 heavy (non-hydrogen) atoms. The van der Waals surface area contributed by atoms with Crippen molar-refractivity contribution in [2.24, 2.45) is 5.92 Å². The minimum Gasteiger partial charge on any atom is -0.293 e. The van der Waals surface area contributed by atoms with Gasteiger partial charge >= 0.3 is 0 Å². The van der Waals surface area contributed by atoms with Gasteiger partial charge in [0.25, 0.3) is 0 Å². The summed E-state index contributed by atoms with van der Waals surface area (Å²) in [6.07, 6.45) is 10.2. The summed E-state index contributed by atoms with van der Waals surface area (Å²) in [6, 6.07) is 5.63. The molecule has 0 aliphatic heterocycles. The number of ketones is 1. The average Bonchev–Trinajstić information content (AvgIpc) is 2.46.